The third-order valence-corrected chi connectivity index (χ3v) is 6.64. The van der Waals surface area contributed by atoms with Gasteiger partial charge in [-0.3, -0.25) is 14.9 Å². The highest BCUT2D eigenvalue weighted by atomic mass is 79.9. The van der Waals surface area contributed by atoms with Crippen LogP contribution in [0.3, 0.4) is 0 Å². The predicted molar refractivity (Wildman–Crippen MR) is 143 cm³/mol. The second-order valence-corrected chi connectivity index (χ2v) is 10.2. The lowest BCUT2D eigenvalue weighted by Crippen LogP contribution is -2.54. The smallest absolute Gasteiger partial charge is 0.335 e. The van der Waals surface area contributed by atoms with Crippen LogP contribution in [0.2, 0.25) is 5.02 Å². The number of ether oxygens (including phenoxy) is 1. The van der Waals surface area contributed by atoms with E-state index in [1.54, 1.807) is 31.2 Å². The highest BCUT2D eigenvalue weighted by Crippen LogP contribution is 2.36. The van der Waals surface area contributed by atoms with Crippen molar-refractivity contribution in [3.05, 3.63) is 96.4 Å². The minimum atomic E-state index is -0.839. The summed E-state index contributed by atoms with van der Waals surface area (Å²) in [7, 11) is 0. The minimum Gasteiger partial charge on any atom is -0.487 e. The molecule has 0 aromatic heterocycles. The molecule has 0 radical (unpaired) electrons. The van der Waals surface area contributed by atoms with Crippen LogP contribution >= 0.6 is 43.5 Å². The molecular formula is C26H19Br2ClN2O4. The molecule has 0 atom stereocenters. The molecule has 6 nitrogen and oxygen atoms in total. The number of benzene rings is 3. The van der Waals surface area contributed by atoms with Gasteiger partial charge < -0.3 is 4.74 Å². The zero-order valence-corrected chi connectivity index (χ0v) is 22.6. The fourth-order valence-electron chi connectivity index (χ4n) is 3.53. The third-order valence-electron chi connectivity index (χ3n) is 5.35. The lowest BCUT2D eigenvalue weighted by Gasteiger charge is -2.27. The molecule has 3 aromatic carbocycles. The van der Waals surface area contributed by atoms with Gasteiger partial charge in [-0.1, -0.05) is 63.4 Å². The van der Waals surface area contributed by atoms with E-state index in [9.17, 15) is 14.4 Å². The zero-order chi connectivity index (χ0) is 25.3. The molecule has 1 aliphatic heterocycles. The summed E-state index contributed by atoms with van der Waals surface area (Å²) >= 11 is 13.0. The number of carbonyl (C=O) groups excluding carboxylic acids is 3. The maximum absolute atomic E-state index is 13.4. The largest absolute Gasteiger partial charge is 0.487 e. The summed E-state index contributed by atoms with van der Waals surface area (Å²) in [6.45, 7) is 4.03. The molecule has 1 aliphatic rings. The lowest BCUT2D eigenvalue weighted by molar-refractivity contribution is -0.122. The summed E-state index contributed by atoms with van der Waals surface area (Å²) in [5.74, 6) is -1.11. The van der Waals surface area contributed by atoms with Crippen LogP contribution < -0.4 is 15.0 Å². The Hall–Kier alpha value is -2.94. The Balaban J connectivity index is 1.73. The van der Waals surface area contributed by atoms with Crippen LogP contribution in [0, 0.1) is 13.8 Å². The van der Waals surface area contributed by atoms with Crippen molar-refractivity contribution >= 4 is 73.1 Å². The molecule has 1 heterocycles. The summed E-state index contributed by atoms with van der Waals surface area (Å²) in [5.41, 5.74) is 3.32. The maximum Gasteiger partial charge on any atom is 0.335 e. The van der Waals surface area contributed by atoms with Crippen molar-refractivity contribution in [2.24, 2.45) is 0 Å². The molecule has 0 bridgehead atoms. The van der Waals surface area contributed by atoms with E-state index in [1.807, 2.05) is 31.2 Å². The van der Waals surface area contributed by atoms with Crippen LogP contribution in [0.15, 0.2) is 69.1 Å². The SMILES string of the molecule is Cc1ccc(COc2c(Br)cc(Br)cc2/C=C2\C(=O)NC(=O)N(c3cc(Cl)ccc3C)C2=O)cc1. The Kier molecular flexibility index (Phi) is 7.44. The molecule has 1 fully saturated rings. The van der Waals surface area contributed by atoms with E-state index in [1.165, 1.54) is 12.1 Å². The fraction of sp³-hybridized carbons (Fsp3) is 0.115. The number of hydrogen-bond donors (Lipinski definition) is 1. The molecular weight excluding hydrogens is 600 g/mol. The van der Waals surface area contributed by atoms with Gasteiger partial charge in [-0.2, -0.15) is 0 Å². The number of barbiturate groups is 1. The standard InChI is InChI=1S/C26H19Br2ClN2O4/c1-14-3-6-16(7-4-14)13-35-23-17(9-18(27)11-21(23)28)10-20-24(32)30-26(34)31(25(20)33)22-12-19(29)8-5-15(22)2/h3-12H,13H2,1-2H3,(H,30,32,34)/b20-10+. The second kappa shape index (κ2) is 10.4. The van der Waals surface area contributed by atoms with Crippen LogP contribution in [0.1, 0.15) is 22.3 Å². The molecule has 0 spiro atoms. The topological polar surface area (TPSA) is 75.7 Å². The first-order valence-corrected chi connectivity index (χ1v) is 12.5. The first-order chi connectivity index (χ1) is 16.6. The molecule has 0 saturated carbocycles. The number of urea groups is 1. The number of halogens is 3. The van der Waals surface area contributed by atoms with Crippen molar-refractivity contribution in [1.82, 2.24) is 5.32 Å². The van der Waals surface area contributed by atoms with Gasteiger partial charge in [0.25, 0.3) is 11.8 Å². The molecule has 0 aliphatic carbocycles. The molecule has 4 amide bonds. The van der Waals surface area contributed by atoms with Crippen molar-refractivity contribution in [2.45, 2.75) is 20.5 Å². The van der Waals surface area contributed by atoms with Crippen LogP contribution in [-0.4, -0.2) is 17.8 Å². The van der Waals surface area contributed by atoms with Crippen LogP contribution in [0.5, 0.6) is 5.75 Å². The van der Waals surface area contributed by atoms with Crippen molar-refractivity contribution in [1.29, 1.82) is 0 Å². The molecule has 1 N–H and O–H groups in total. The number of nitrogens with one attached hydrogen (secondary N) is 1. The van der Waals surface area contributed by atoms with E-state index in [-0.39, 0.29) is 12.2 Å². The normalized spacial score (nSPS) is 14.9. The van der Waals surface area contributed by atoms with E-state index < -0.39 is 17.8 Å². The van der Waals surface area contributed by atoms with E-state index in [0.717, 1.165) is 16.0 Å². The lowest BCUT2D eigenvalue weighted by atomic mass is 10.0. The van der Waals surface area contributed by atoms with Crippen molar-refractivity contribution in [3.63, 3.8) is 0 Å². The van der Waals surface area contributed by atoms with E-state index in [2.05, 4.69) is 37.2 Å². The fourth-order valence-corrected chi connectivity index (χ4v) is 5.07. The van der Waals surface area contributed by atoms with Gasteiger partial charge >= 0.3 is 6.03 Å². The molecule has 3 aromatic rings. The number of rotatable bonds is 5. The number of imide groups is 2. The monoisotopic (exact) mass is 616 g/mol. The Morgan fingerprint density at radius 2 is 1.71 bits per heavy atom. The number of aryl methyl sites for hydroxylation is 2. The molecule has 9 heteroatoms. The summed E-state index contributed by atoms with van der Waals surface area (Å²) in [6.07, 6.45) is 1.41. The average molecular weight is 619 g/mol. The summed E-state index contributed by atoms with van der Waals surface area (Å²) < 4.78 is 7.42. The van der Waals surface area contributed by atoms with Gasteiger partial charge in [-0.05, 0) is 71.2 Å². The minimum absolute atomic E-state index is 0.214. The summed E-state index contributed by atoms with van der Waals surface area (Å²) in [5, 5.41) is 2.60. The number of carbonyl (C=O) groups is 3. The number of nitrogens with zero attached hydrogens (tertiary/aromatic N) is 1. The van der Waals surface area contributed by atoms with Crippen LogP contribution in [0.25, 0.3) is 6.08 Å². The van der Waals surface area contributed by atoms with Gasteiger partial charge in [0.2, 0.25) is 0 Å². The highest BCUT2D eigenvalue weighted by Gasteiger charge is 2.37. The molecule has 35 heavy (non-hydrogen) atoms. The van der Waals surface area contributed by atoms with Gasteiger partial charge in [0.15, 0.2) is 0 Å². The van der Waals surface area contributed by atoms with Gasteiger partial charge in [0.1, 0.15) is 17.9 Å². The van der Waals surface area contributed by atoms with Gasteiger partial charge in [-0.25, -0.2) is 9.69 Å². The van der Waals surface area contributed by atoms with Gasteiger partial charge in [-0.15, -0.1) is 0 Å². The quantitative estimate of drug-likeness (QED) is 0.254. The van der Waals surface area contributed by atoms with E-state index >= 15 is 0 Å². The molecule has 178 valence electrons. The number of hydrogen-bond acceptors (Lipinski definition) is 4. The van der Waals surface area contributed by atoms with Crippen molar-refractivity contribution in [2.75, 3.05) is 4.90 Å². The first kappa shape index (κ1) is 25.2. The number of amides is 4. The molecule has 1 saturated heterocycles. The summed E-state index contributed by atoms with van der Waals surface area (Å²) in [4.78, 5) is 39.6. The Morgan fingerprint density at radius 3 is 2.43 bits per heavy atom. The van der Waals surface area contributed by atoms with Crippen LogP contribution in [-0.2, 0) is 16.2 Å². The van der Waals surface area contributed by atoms with Crippen molar-refractivity contribution < 1.29 is 19.1 Å². The second-order valence-electron chi connectivity index (χ2n) is 7.97. The van der Waals surface area contributed by atoms with E-state index in [0.29, 0.717) is 36.5 Å². The van der Waals surface area contributed by atoms with Gasteiger partial charge in [0, 0.05) is 15.1 Å². The number of anilines is 1. The molecule has 0 unspecified atom stereocenters. The Bertz CT molecular complexity index is 1390. The van der Waals surface area contributed by atoms with Crippen molar-refractivity contribution in [3.8, 4) is 5.75 Å². The highest BCUT2D eigenvalue weighted by molar-refractivity contribution is 9.11. The summed E-state index contributed by atoms with van der Waals surface area (Å²) in [6, 6.07) is 15.5. The first-order valence-electron chi connectivity index (χ1n) is 10.5. The van der Waals surface area contributed by atoms with E-state index in [4.69, 9.17) is 16.3 Å². The Labute approximate surface area is 224 Å². The van der Waals surface area contributed by atoms with Gasteiger partial charge in [0.05, 0.1) is 10.2 Å². The maximum atomic E-state index is 13.4. The zero-order valence-electron chi connectivity index (χ0n) is 18.7. The van der Waals surface area contributed by atoms with Crippen LogP contribution in [0.4, 0.5) is 10.5 Å². The molecule has 4 rings (SSSR count). The predicted octanol–water partition coefficient (Wildman–Crippen LogP) is 6.73. The average Bonchev–Trinajstić information content (AvgIpc) is 2.79. The Morgan fingerprint density at radius 1 is 1.00 bits per heavy atom. The third kappa shape index (κ3) is 5.50.